The molecule has 0 aliphatic carbocycles. The van der Waals surface area contributed by atoms with Gasteiger partial charge in [0, 0.05) is 87.5 Å². The lowest BCUT2D eigenvalue weighted by molar-refractivity contribution is 0.567. The van der Waals surface area contributed by atoms with Crippen LogP contribution in [0.2, 0.25) is 0 Å². The predicted octanol–water partition coefficient (Wildman–Crippen LogP) is 15.1. The number of hydrogen-bond acceptors (Lipinski definition) is 0. The second-order valence-corrected chi connectivity index (χ2v) is 19.7. The van der Waals surface area contributed by atoms with Crippen LogP contribution in [0.15, 0.2) is 133 Å². The molecule has 0 aliphatic rings. The Kier molecular flexibility index (Phi) is 6.30. The molecule has 0 saturated heterocycles. The van der Waals surface area contributed by atoms with Gasteiger partial charge in [-0.05, 0) is 97.8 Å². The maximum Gasteiger partial charge on any atom is 0.0618 e. The minimum Gasteiger partial charge on any atom is -0.312 e. The van der Waals surface area contributed by atoms with Crippen molar-refractivity contribution in [2.45, 2.75) is 66.2 Å². The third kappa shape index (κ3) is 4.21. The van der Waals surface area contributed by atoms with Crippen molar-refractivity contribution in [1.29, 1.82) is 0 Å². The number of nitrogens with zero attached hydrogens (tertiary/aromatic N) is 4. The zero-order valence-electron chi connectivity index (χ0n) is 35.5. The number of aromatic nitrogens is 4. The smallest absolute Gasteiger partial charge is 0.0618 e. The molecule has 0 aliphatic heterocycles. The van der Waals surface area contributed by atoms with Crippen LogP contribution in [0.4, 0.5) is 0 Å². The van der Waals surface area contributed by atoms with E-state index in [-0.39, 0.29) is 10.8 Å². The molecule has 290 valence electrons. The number of para-hydroxylation sites is 2. The Morgan fingerprint density at radius 3 is 1.20 bits per heavy atom. The Morgan fingerprint density at radius 2 is 0.783 bits per heavy atom. The van der Waals surface area contributed by atoms with Crippen LogP contribution < -0.4 is 0 Å². The maximum atomic E-state index is 2.62. The van der Waals surface area contributed by atoms with Crippen LogP contribution in [0.5, 0.6) is 0 Å². The highest BCUT2D eigenvalue weighted by atomic mass is 15.0. The van der Waals surface area contributed by atoms with Crippen LogP contribution >= 0.6 is 0 Å². The average molecular weight is 775 g/mol. The zero-order chi connectivity index (χ0) is 40.7. The fraction of sp³-hybridized carbons (Fsp3) is 0.179. The van der Waals surface area contributed by atoms with E-state index in [0.29, 0.717) is 0 Å². The van der Waals surface area contributed by atoms with Gasteiger partial charge in [-0.15, -0.1) is 0 Å². The molecule has 0 N–H and O–H groups in total. The molecule has 0 amide bonds. The topological polar surface area (TPSA) is 18.7 Å². The molecule has 0 saturated carbocycles. The second-order valence-electron chi connectivity index (χ2n) is 19.7. The van der Waals surface area contributed by atoms with Gasteiger partial charge < -0.3 is 17.9 Å². The third-order valence-electron chi connectivity index (χ3n) is 13.6. The molecule has 6 aromatic heterocycles. The third-order valence-corrected chi connectivity index (χ3v) is 13.6. The molecule has 4 nitrogen and oxygen atoms in total. The average Bonchev–Trinajstić information content (AvgIpc) is 4.04. The molecule has 6 heterocycles. The van der Waals surface area contributed by atoms with Crippen molar-refractivity contribution in [3.8, 4) is 11.4 Å². The Balaban J connectivity index is 1.30. The molecule has 4 heteroatoms. The first-order valence-electron chi connectivity index (χ1n) is 21.4. The van der Waals surface area contributed by atoms with Crippen molar-refractivity contribution in [3.63, 3.8) is 0 Å². The van der Waals surface area contributed by atoms with Gasteiger partial charge in [0.05, 0.1) is 44.1 Å². The van der Waals surface area contributed by atoms with Gasteiger partial charge in [0.25, 0.3) is 0 Å². The molecule has 0 fully saturated rings. The highest BCUT2D eigenvalue weighted by Crippen LogP contribution is 2.51. The normalized spacial score (nSPS) is 13.3. The summed E-state index contributed by atoms with van der Waals surface area (Å²) in [4.78, 5) is 0. The standard InChI is InChI=1S/C56H46N4/c1-31-15-13-17-35(23-31)57-41-21-11-9-19-37(41)49-45(57)25-33-27-47(55(3,4)5)59-43-30-44-40(29-39(43)51(49)53(33)59)52-50-38-20-10-12-22-42(38)58(36-18-14-16-32(2)24-36)46(50)26-34-28-48(56(6,7)8)60(44)54(34)52/h9-30H,1-8H3. The first-order chi connectivity index (χ1) is 28.9. The van der Waals surface area contributed by atoms with E-state index < -0.39 is 0 Å². The van der Waals surface area contributed by atoms with E-state index in [0.717, 1.165) is 0 Å². The molecule has 7 aromatic carbocycles. The van der Waals surface area contributed by atoms with Gasteiger partial charge >= 0.3 is 0 Å². The van der Waals surface area contributed by atoms with E-state index in [1.165, 1.54) is 132 Å². The van der Waals surface area contributed by atoms with Gasteiger partial charge in [-0.1, -0.05) is 102 Å². The lowest BCUT2D eigenvalue weighted by atomic mass is 9.91. The molecule has 60 heavy (non-hydrogen) atoms. The van der Waals surface area contributed by atoms with Gasteiger partial charge in [0.2, 0.25) is 0 Å². The number of hydrogen-bond donors (Lipinski definition) is 0. The van der Waals surface area contributed by atoms with Crippen molar-refractivity contribution in [1.82, 2.24) is 17.9 Å². The van der Waals surface area contributed by atoms with E-state index in [9.17, 15) is 0 Å². The van der Waals surface area contributed by atoms with Crippen molar-refractivity contribution < 1.29 is 0 Å². The van der Waals surface area contributed by atoms with E-state index >= 15 is 0 Å². The molecular formula is C56H46N4. The van der Waals surface area contributed by atoms with E-state index in [4.69, 9.17) is 0 Å². The monoisotopic (exact) mass is 774 g/mol. The van der Waals surface area contributed by atoms with E-state index in [2.05, 4.69) is 207 Å². The predicted molar refractivity (Wildman–Crippen MR) is 256 cm³/mol. The van der Waals surface area contributed by atoms with Crippen molar-refractivity contribution >= 4 is 98.0 Å². The van der Waals surface area contributed by atoms with Crippen LogP contribution in [0.25, 0.3) is 109 Å². The second kappa shape index (κ2) is 11.1. The molecule has 0 spiro atoms. The highest BCUT2D eigenvalue weighted by Gasteiger charge is 2.31. The first-order valence-corrected chi connectivity index (χ1v) is 21.4. The molecule has 0 atom stereocenters. The summed E-state index contributed by atoms with van der Waals surface area (Å²) in [7, 11) is 0. The molecule has 13 aromatic rings. The summed E-state index contributed by atoms with van der Waals surface area (Å²) >= 11 is 0. The van der Waals surface area contributed by atoms with Crippen LogP contribution in [-0.4, -0.2) is 17.9 Å². The number of fused-ring (bicyclic) bond motifs is 14. The Labute approximate surface area is 348 Å². The van der Waals surface area contributed by atoms with E-state index in [1.54, 1.807) is 0 Å². The van der Waals surface area contributed by atoms with Gasteiger partial charge in [-0.25, -0.2) is 0 Å². The molecule has 13 rings (SSSR count). The highest BCUT2D eigenvalue weighted by molar-refractivity contribution is 6.37. The number of rotatable bonds is 2. The first kappa shape index (κ1) is 34.1. The minimum absolute atomic E-state index is 0.0838. The summed E-state index contributed by atoms with van der Waals surface area (Å²) in [5.74, 6) is 0. The van der Waals surface area contributed by atoms with Gasteiger partial charge in [-0.2, -0.15) is 0 Å². The largest absolute Gasteiger partial charge is 0.312 e. The Bertz CT molecular complexity index is 3720. The summed E-state index contributed by atoms with van der Waals surface area (Å²) in [5, 5.41) is 13.1. The summed E-state index contributed by atoms with van der Waals surface area (Å²) < 4.78 is 10.2. The minimum atomic E-state index is -0.0838. The molecule has 0 radical (unpaired) electrons. The lowest BCUT2D eigenvalue weighted by Crippen LogP contribution is -2.14. The van der Waals surface area contributed by atoms with Crippen LogP contribution in [-0.2, 0) is 10.8 Å². The molecule has 0 unspecified atom stereocenters. The quantitative estimate of drug-likeness (QED) is 0.167. The Hall–Kier alpha value is -6.78. The van der Waals surface area contributed by atoms with Crippen LogP contribution in [0.3, 0.4) is 0 Å². The summed E-state index contributed by atoms with van der Waals surface area (Å²) in [6.45, 7) is 18.6. The molecular weight excluding hydrogens is 729 g/mol. The maximum absolute atomic E-state index is 2.62. The van der Waals surface area contributed by atoms with Crippen LogP contribution in [0, 0.1) is 13.8 Å². The Morgan fingerprint density at radius 1 is 0.350 bits per heavy atom. The fourth-order valence-corrected chi connectivity index (χ4v) is 11.2. The number of aryl methyl sites for hydroxylation is 2. The van der Waals surface area contributed by atoms with Crippen LogP contribution in [0.1, 0.15) is 64.1 Å². The van der Waals surface area contributed by atoms with Crippen molar-refractivity contribution in [2.75, 3.05) is 0 Å². The van der Waals surface area contributed by atoms with Crippen molar-refractivity contribution in [2.24, 2.45) is 0 Å². The summed E-state index contributed by atoms with van der Waals surface area (Å²) in [6, 6.07) is 51.0. The number of benzene rings is 7. The van der Waals surface area contributed by atoms with Crippen molar-refractivity contribution in [3.05, 3.63) is 156 Å². The van der Waals surface area contributed by atoms with Gasteiger partial charge in [0.1, 0.15) is 0 Å². The fourth-order valence-electron chi connectivity index (χ4n) is 11.2. The van der Waals surface area contributed by atoms with E-state index in [1.807, 2.05) is 0 Å². The molecule has 0 bridgehead atoms. The van der Waals surface area contributed by atoms with Gasteiger partial charge in [-0.3, -0.25) is 0 Å². The lowest BCUT2D eigenvalue weighted by Gasteiger charge is -2.19. The summed E-state index contributed by atoms with van der Waals surface area (Å²) in [6.07, 6.45) is 0. The SMILES string of the molecule is Cc1cccc(-n2c3ccccc3c3c4c5cc6c7c8c9ccccc9n(-c9cccc(C)c9)c8cc8cc(C(C)(C)C)n(c6cc5n5c(C(C)(C)C)cc(cc32)c45)c87)c1. The zero-order valence-corrected chi connectivity index (χ0v) is 35.5. The van der Waals surface area contributed by atoms with Gasteiger partial charge in [0.15, 0.2) is 0 Å². The summed E-state index contributed by atoms with van der Waals surface area (Å²) in [5.41, 5.74) is 17.6.